The van der Waals surface area contributed by atoms with Gasteiger partial charge in [0, 0.05) is 6.20 Å². The predicted octanol–water partition coefficient (Wildman–Crippen LogP) is 1.96. The van der Waals surface area contributed by atoms with Crippen LogP contribution >= 0.6 is 0 Å². The van der Waals surface area contributed by atoms with Crippen LogP contribution in [0.25, 0.3) is 5.69 Å². The lowest BCUT2D eigenvalue weighted by Crippen LogP contribution is -2.16. The highest BCUT2D eigenvalue weighted by atomic mass is 19.1. The molecule has 1 N–H and O–H groups in total. The van der Waals surface area contributed by atoms with Gasteiger partial charge in [0.25, 0.3) is 0 Å². The zero-order valence-electron chi connectivity index (χ0n) is 13.4. The quantitative estimate of drug-likeness (QED) is 0.665. The second-order valence-electron chi connectivity index (χ2n) is 4.82. The minimum absolute atomic E-state index is 0.194. The fourth-order valence-electron chi connectivity index (χ4n) is 1.93. The first-order chi connectivity index (χ1) is 11.4. The maximum absolute atomic E-state index is 13.6. The summed E-state index contributed by atoms with van der Waals surface area (Å²) in [4.78, 5) is 23.2. The molecule has 0 bridgehead atoms. The van der Waals surface area contributed by atoms with Gasteiger partial charge in [-0.2, -0.15) is 5.10 Å². The predicted molar refractivity (Wildman–Crippen MR) is 84.0 cm³/mol. The van der Waals surface area contributed by atoms with Crippen molar-refractivity contribution < 1.29 is 23.5 Å². The van der Waals surface area contributed by atoms with Gasteiger partial charge in [-0.15, -0.1) is 0 Å². The molecule has 0 radical (unpaired) electrons. The SMILES string of the molecule is COC(=O)/C=C(/Nc1cc(F)ccc1-n1cc(C)cn1)C(=O)OC. The Hall–Kier alpha value is -3.16. The Kier molecular flexibility index (Phi) is 5.31. The first kappa shape index (κ1) is 17.2. The van der Waals surface area contributed by atoms with Crippen molar-refractivity contribution in [3.63, 3.8) is 0 Å². The van der Waals surface area contributed by atoms with E-state index in [1.54, 1.807) is 12.4 Å². The molecule has 1 aromatic carbocycles. The fourth-order valence-corrected chi connectivity index (χ4v) is 1.93. The summed E-state index contributed by atoms with van der Waals surface area (Å²) in [7, 11) is 2.34. The Labute approximate surface area is 137 Å². The highest BCUT2D eigenvalue weighted by Crippen LogP contribution is 2.23. The molecule has 0 saturated carbocycles. The molecule has 0 amide bonds. The summed E-state index contributed by atoms with van der Waals surface area (Å²) >= 11 is 0. The van der Waals surface area contributed by atoms with E-state index in [2.05, 4.69) is 19.9 Å². The second-order valence-corrected chi connectivity index (χ2v) is 4.82. The molecular formula is C16H16FN3O4. The number of carbonyl (C=O) groups is 2. The van der Waals surface area contributed by atoms with E-state index in [1.807, 2.05) is 6.92 Å². The average molecular weight is 333 g/mol. The molecule has 2 aromatic rings. The number of rotatable bonds is 5. The standard InChI is InChI=1S/C16H16FN3O4/c1-10-8-18-20(9-10)14-5-4-11(17)6-12(14)19-13(16(22)24-3)7-15(21)23-2/h4-9,19H,1-3H3/b13-7+. The highest BCUT2D eigenvalue weighted by molar-refractivity contribution is 5.99. The Morgan fingerprint density at radius 2 is 2.04 bits per heavy atom. The van der Waals surface area contributed by atoms with Gasteiger partial charge < -0.3 is 14.8 Å². The van der Waals surface area contributed by atoms with E-state index >= 15 is 0 Å². The Bertz CT molecular complexity index is 798. The van der Waals surface area contributed by atoms with Crippen molar-refractivity contribution in [1.82, 2.24) is 9.78 Å². The smallest absolute Gasteiger partial charge is 0.354 e. The van der Waals surface area contributed by atoms with E-state index < -0.39 is 17.8 Å². The molecule has 1 aromatic heterocycles. The summed E-state index contributed by atoms with van der Waals surface area (Å²) in [5, 5.41) is 6.85. The molecule has 0 saturated heterocycles. The summed E-state index contributed by atoms with van der Waals surface area (Å²) in [5.74, 6) is -2.07. The van der Waals surface area contributed by atoms with E-state index in [9.17, 15) is 14.0 Å². The van der Waals surface area contributed by atoms with Crippen molar-refractivity contribution in [2.75, 3.05) is 19.5 Å². The molecular weight excluding hydrogens is 317 g/mol. The minimum Gasteiger partial charge on any atom is -0.466 e. The summed E-state index contributed by atoms with van der Waals surface area (Å²) in [5.41, 5.74) is 1.44. The summed E-state index contributed by atoms with van der Waals surface area (Å²) in [6.07, 6.45) is 4.30. The monoisotopic (exact) mass is 333 g/mol. The number of anilines is 1. The zero-order valence-corrected chi connectivity index (χ0v) is 13.4. The van der Waals surface area contributed by atoms with E-state index in [-0.39, 0.29) is 11.4 Å². The van der Waals surface area contributed by atoms with E-state index in [0.29, 0.717) is 5.69 Å². The first-order valence-corrected chi connectivity index (χ1v) is 6.90. The van der Waals surface area contributed by atoms with Gasteiger partial charge in [-0.25, -0.2) is 18.7 Å². The number of aromatic nitrogens is 2. The van der Waals surface area contributed by atoms with Crippen molar-refractivity contribution in [3.8, 4) is 5.69 Å². The number of nitrogens with one attached hydrogen (secondary N) is 1. The van der Waals surface area contributed by atoms with Gasteiger partial charge in [0.2, 0.25) is 0 Å². The van der Waals surface area contributed by atoms with Crippen LogP contribution in [-0.2, 0) is 19.1 Å². The topological polar surface area (TPSA) is 82.5 Å². The number of benzene rings is 1. The molecule has 8 heteroatoms. The number of carbonyl (C=O) groups excluding carboxylic acids is 2. The van der Waals surface area contributed by atoms with Crippen LogP contribution in [0.15, 0.2) is 42.4 Å². The lowest BCUT2D eigenvalue weighted by molar-refractivity contribution is -0.138. The average Bonchev–Trinajstić information content (AvgIpc) is 2.99. The third-order valence-corrected chi connectivity index (χ3v) is 3.06. The molecule has 0 fully saturated rings. The van der Waals surface area contributed by atoms with Crippen LogP contribution in [0.1, 0.15) is 5.56 Å². The molecule has 0 aliphatic carbocycles. The van der Waals surface area contributed by atoms with Gasteiger partial charge in [-0.05, 0) is 30.7 Å². The molecule has 0 aliphatic heterocycles. The molecule has 0 atom stereocenters. The largest absolute Gasteiger partial charge is 0.466 e. The number of aryl methyl sites for hydroxylation is 1. The van der Waals surface area contributed by atoms with Crippen molar-refractivity contribution in [2.24, 2.45) is 0 Å². The van der Waals surface area contributed by atoms with E-state index in [1.165, 1.54) is 37.1 Å². The maximum Gasteiger partial charge on any atom is 0.354 e. The molecule has 24 heavy (non-hydrogen) atoms. The van der Waals surface area contributed by atoms with Crippen LogP contribution < -0.4 is 5.32 Å². The second kappa shape index (κ2) is 7.40. The van der Waals surface area contributed by atoms with Crippen LogP contribution in [0.2, 0.25) is 0 Å². The number of ether oxygens (including phenoxy) is 2. The van der Waals surface area contributed by atoms with Crippen molar-refractivity contribution in [1.29, 1.82) is 0 Å². The number of halogens is 1. The van der Waals surface area contributed by atoms with Crippen LogP contribution in [-0.4, -0.2) is 35.9 Å². The number of esters is 2. The van der Waals surface area contributed by atoms with Gasteiger partial charge in [0.15, 0.2) is 0 Å². The van der Waals surface area contributed by atoms with E-state index in [4.69, 9.17) is 0 Å². The van der Waals surface area contributed by atoms with Gasteiger partial charge >= 0.3 is 11.9 Å². The van der Waals surface area contributed by atoms with Crippen LogP contribution in [0.5, 0.6) is 0 Å². The number of nitrogens with zero attached hydrogens (tertiary/aromatic N) is 2. The summed E-state index contributed by atoms with van der Waals surface area (Å²) in [6.45, 7) is 1.86. The summed E-state index contributed by atoms with van der Waals surface area (Å²) < 4.78 is 24.3. The minimum atomic E-state index is -0.799. The van der Waals surface area contributed by atoms with Gasteiger partial charge in [0.05, 0.1) is 37.9 Å². The lowest BCUT2D eigenvalue weighted by atomic mass is 10.2. The number of hydrogen-bond donors (Lipinski definition) is 1. The van der Waals surface area contributed by atoms with Crippen LogP contribution in [0.4, 0.5) is 10.1 Å². The van der Waals surface area contributed by atoms with Crippen molar-refractivity contribution in [3.05, 3.63) is 53.7 Å². The Morgan fingerprint density at radius 1 is 1.29 bits per heavy atom. The third kappa shape index (κ3) is 3.97. The van der Waals surface area contributed by atoms with Crippen molar-refractivity contribution in [2.45, 2.75) is 6.92 Å². The highest BCUT2D eigenvalue weighted by Gasteiger charge is 2.16. The summed E-state index contributed by atoms with van der Waals surface area (Å²) in [6, 6.07) is 3.94. The van der Waals surface area contributed by atoms with Gasteiger partial charge in [0.1, 0.15) is 11.5 Å². The molecule has 7 nitrogen and oxygen atoms in total. The number of methoxy groups -OCH3 is 2. The van der Waals surface area contributed by atoms with Gasteiger partial charge in [-0.1, -0.05) is 0 Å². The van der Waals surface area contributed by atoms with Gasteiger partial charge in [-0.3, -0.25) is 0 Å². The normalized spacial score (nSPS) is 11.1. The molecule has 0 aliphatic rings. The Balaban J connectivity index is 2.46. The van der Waals surface area contributed by atoms with Crippen molar-refractivity contribution >= 4 is 17.6 Å². The van der Waals surface area contributed by atoms with Crippen LogP contribution in [0, 0.1) is 12.7 Å². The first-order valence-electron chi connectivity index (χ1n) is 6.90. The molecule has 126 valence electrons. The lowest BCUT2D eigenvalue weighted by Gasteiger charge is -2.13. The number of hydrogen-bond acceptors (Lipinski definition) is 6. The van der Waals surface area contributed by atoms with Crippen LogP contribution in [0.3, 0.4) is 0 Å². The maximum atomic E-state index is 13.6. The molecule has 2 rings (SSSR count). The molecule has 1 heterocycles. The fraction of sp³-hybridized carbons (Fsp3) is 0.188. The van der Waals surface area contributed by atoms with E-state index in [0.717, 1.165) is 11.6 Å². The third-order valence-electron chi connectivity index (χ3n) is 3.06. The molecule has 0 unspecified atom stereocenters. The molecule has 0 spiro atoms. The Morgan fingerprint density at radius 3 is 2.62 bits per heavy atom. The zero-order chi connectivity index (χ0) is 17.7.